The maximum absolute atomic E-state index is 11.2. The Bertz CT molecular complexity index is 956. The predicted molar refractivity (Wildman–Crippen MR) is 121 cm³/mol. The monoisotopic (exact) mass is 437 g/mol. The molecule has 2 saturated heterocycles. The summed E-state index contributed by atoms with van der Waals surface area (Å²) in [5.74, 6) is 0.882. The largest absolute Gasteiger partial charge is 0.379 e. The normalized spacial score (nSPS) is 25.0. The lowest BCUT2D eigenvalue weighted by Crippen LogP contribution is -2.60. The fourth-order valence-corrected chi connectivity index (χ4v) is 4.63. The van der Waals surface area contributed by atoms with E-state index in [2.05, 4.69) is 26.8 Å². The molecule has 0 bridgehead atoms. The van der Waals surface area contributed by atoms with Crippen LogP contribution in [0.15, 0.2) is 59.6 Å². The van der Waals surface area contributed by atoms with E-state index in [1.165, 1.54) is 0 Å². The zero-order valence-electron chi connectivity index (χ0n) is 17.9. The fraction of sp³-hybridized carbons (Fsp3) is 0.435. The van der Waals surface area contributed by atoms with Crippen molar-refractivity contribution >= 4 is 17.2 Å². The van der Waals surface area contributed by atoms with E-state index < -0.39 is 0 Å². The molecule has 0 spiro atoms. The van der Waals surface area contributed by atoms with Gasteiger partial charge in [-0.3, -0.25) is 19.9 Å². The summed E-state index contributed by atoms with van der Waals surface area (Å²) in [6, 6.07) is 16.9. The minimum Gasteiger partial charge on any atom is -0.379 e. The summed E-state index contributed by atoms with van der Waals surface area (Å²) in [5.41, 5.74) is 2.00. The second-order valence-corrected chi connectivity index (χ2v) is 8.09. The Kier molecular flexibility index (Phi) is 6.13. The van der Waals surface area contributed by atoms with Gasteiger partial charge in [-0.15, -0.1) is 0 Å². The van der Waals surface area contributed by atoms with Crippen LogP contribution in [0.3, 0.4) is 0 Å². The molecule has 32 heavy (non-hydrogen) atoms. The van der Waals surface area contributed by atoms with Gasteiger partial charge in [0.15, 0.2) is 0 Å². The third-order valence-corrected chi connectivity index (χ3v) is 6.22. The number of nitro benzene ring substituents is 1. The highest BCUT2D eigenvalue weighted by Gasteiger charge is 2.44. The first-order valence-corrected chi connectivity index (χ1v) is 11.0. The minimum atomic E-state index is -0.365. The molecule has 5 rings (SSSR count). The summed E-state index contributed by atoms with van der Waals surface area (Å²) in [7, 11) is 0. The lowest BCUT2D eigenvalue weighted by Gasteiger charge is -2.43. The molecule has 3 heterocycles. The van der Waals surface area contributed by atoms with Crippen molar-refractivity contribution < 1.29 is 14.4 Å². The van der Waals surface area contributed by atoms with Gasteiger partial charge in [0.05, 0.1) is 31.4 Å². The molecule has 2 aromatic rings. The van der Waals surface area contributed by atoms with Crippen LogP contribution in [-0.4, -0.2) is 85.5 Å². The zero-order chi connectivity index (χ0) is 21.9. The topological polar surface area (TPSA) is 83.7 Å². The molecule has 9 nitrogen and oxygen atoms in total. The van der Waals surface area contributed by atoms with Crippen molar-refractivity contribution in [1.29, 1.82) is 0 Å². The quantitative estimate of drug-likeness (QED) is 0.524. The predicted octanol–water partition coefficient (Wildman–Crippen LogP) is 2.18. The van der Waals surface area contributed by atoms with E-state index in [0.717, 1.165) is 43.3 Å². The van der Waals surface area contributed by atoms with Gasteiger partial charge in [-0.2, -0.15) is 0 Å². The van der Waals surface area contributed by atoms with Crippen LogP contribution in [0.25, 0.3) is 0 Å². The first kappa shape index (κ1) is 21.0. The summed E-state index contributed by atoms with van der Waals surface area (Å²) in [5, 5.41) is 11.2. The van der Waals surface area contributed by atoms with Gasteiger partial charge < -0.3 is 14.4 Å². The van der Waals surface area contributed by atoms with E-state index in [0.29, 0.717) is 26.4 Å². The molecule has 0 unspecified atom stereocenters. The Labute approximate surface area is 187 Å². The van der Waals surface area contributed by atoms with Crippen molar-refractivity contribution in [3.63, 3.8) is 0 Å². The van der Waals surface area contributed by atoms with Gasteiger partial charge in [0.2, 0.25) is 0 Å². The molecule has 3 aliphatic heterocycles. The summed E-state index contributed by atoms with van der Waals surface area (Å²) >= 11 is 0. The van der Waals surface area contributed by atoms with Crippen molar-refractivity contribution in [2.24, 2.45) is 4.99 Å². The van der Waals surface area contributed by atoms with E-state index in [4.69, 9.17) is 14.5 Å². The zero-order valence-corrected chi connectivity index (χ0v) is 17.9. The Morgan fingerprint density at radius 3 is 2.03 bits per heavy atom. The Hall–Kier alpha value is -2.85. The highest BCUT2D eigenvalue weighted by molar-refractivity contribution is 6.11. The van der Waals surface area contributed by atoms with Crippen molar-refractivity contribution in [2.45, 2.75) is 12.3 Å². The maximum atomic E-state index is 11.2. The Morgan fingerprint density at radius 2 is 1.44 bits per heavy atom. The number of morpholine rings is 2. The number of anilines is 1. The number of ether oxygens (including phenoxy) is 2. The van der Waals surface area contributed by atoms with Crippen molar-refractivity contribution in [1.82, 2.24) is 9.80 Å². The molecule has 0 saturated carbocycles. The van der Waals surface area contributed by atoms with Gasteiger partial charge in [0.25, 0.3) is 5.69 Å². The summed E-state index contributed by atoms with van der Waals surface area (Å²) < 4.78 is 11.2. The van der Waals surface area contributed by atoms with Crippen molar-refractivity contribution in [3.05, 3.63) is 70.3 Å². The molecule has 0 aromatic heterocycles. The average molecular weight is 438 g/mol. The first-order valence-electron chi connectivity index (χ1n) is 11.0. The molecule has 0 N–H and O–H groups in total. The van der Waals surface area contributed by atoms with Gasteiger partial charge >= 0.3 is 0 Å². The van der Waals surface area contributed by atoms with Gasteiger partial charge in [-0.1, -0.05) is 30.3 Å². The van der Waals surface area contributed by atoms with E-state index in [1.807, 2.05) is 30.3 Å². The first-order chi connectivity index (χ1) is 15.7. The molecule has 3 aliphatic rings. The number of rotatable bonds is 5. The highest BCUT2D eigenvalue weighted by Crippen LogP contribution is 2.33. The average Bonchev–Trinajstić information content (AvgIpc) is 3.26. The van der Waals surface area contributed by atoms with Crippen LogP contribution in [0.2, 0.25) is 0 Å². The minimum absolute atomic E-state index is 0.0336. The Balaban J connectivity index is 1.59. The SMILES string of the molecule is O=[N+]([O-])c1ccc(N2C(c3ccccc3)=N[C@@H](N3CCOCC3)[C@H]2N2CCOCC2)cc1. The second-order valence-electron chi connectivity index (χ2n) is 8.09. The number of amidine groups is 1. The van der Waals surface area contributed by atoms with Gasteiger partial charge in [0, 0.05) is 49.6 Å². The van der Waals surface area contributed by atoms with E-state index in [1.54, 1.807) is 12.1 Å². The number of hydrogen-bond acceptors (Lipinski definition) is 8. The van der Waals surface area contributed by atoms with Crippen LogP contribution >= 0.6 is 0 Å². The van der Waals surface area contributed by atoms with Gasteiger partial charge in [-0.05, 0) is 12.1 Å². The van der Waals surface area contributed by atoms with Crippen LogP contribution in [0, 0.1) is 10.1 Å². The van der Waals surface area contributed by atoms with E-state index in [-0.39, 0.29) is 22.9 Å². The number of hydrogen-bond donors (Lipinski definition) is 0. The molecule has 2 aromatic carbocycles. The van der Waals surface area contributed by atoms with Crippen LogP contribution in [-0.2, 0) is 9.47 Å². The number of nitro groups is 1. The summed E-state index contributed by atoms with van der Waals surface area (Å²) in [6.45, 7) is 6.03. The van der Waals surface area contributed by atoms with Crippen LogP contribution < -0.4 is 4.90 Å². The number of aliphatic imine (C=N–C) groups is 1. The molecule has 0 amide bonds. The van der Waals surface area contributed by atoms with E-state index in [9.17, 15) is 10.1 Å². The standard InChI is InChI=1S/C23H27N5O4/c29-28(30)20-8-6-19(7-9-20)27-21(18-4-2-1-3-5-18)24-22(25-10-14-31-15-11-25)23(27)26-12-16-32-17-13-26/h1-9,22-23H,10-17H2/t22-,23-/m0/s1. The smallest absolute Gasteiger partial charge is 0.269 e. The molecule has 0 radical (unpaired) electrons. The second kappa shape index (κ2) is 9.33. The third-order valence-electron chi connectivity index (χ3n) is 6.22. The van der Waals surface area contributed by atoms with Gasteiger partial charge in [-0.25, -0.2) is 4.99 Å². The maximum Gasteiger partial charge on any atom is 0.269 e. The third kappa shape index (κ3) is 4.12. The lowest BCUT2D eigenvalue weighted by atomic mass is 10.1. The summed E-state index contributed by atoms with van der Waals surface area (Å²) in [4.78, 5) is 23.2. The van der Waals surface area contributed by atoms with Crippen LogP contribution in [0.4, 0.5) is 11.4 Å². The molecule has 2 fully saturated rings. The van der Waals surface area contributed by atoms with Crippen molar-refractivity contribution in [3.8, 4) is 0 Å². The number of non-ortho nitro benzene ring substituents is 1. The molecule has 2 atom stereocenters. The lowest BCUT2D eigenvalue weighted by molar-refractivity contribution is -0.384. The van der Waals surface area contributed by atoms with Crippen LogP contribution in [0.5, 0.6) is 0 Å². The molecular formula is C23H27N5O4. The Morgan fingerprint density at radius 1 is 0.844 bits per heavy atom. The van der Waals surface area contributed by atoms with Gasteiger partial charge in [0.1, 0.15) is 18.2 Å². The number of nitrogens with zero attached hydrogens (tertiary/aromatic N) is 5. The van der Waals surface area contributed by atoms with Crippen LogP contribution in [0.1, 0.15) is 5.56 Å². The molecule has 9 heteroatoms. The fourth-order valence-electron chi connectivity index (χ4n) is 4.63. The summed E-state index contributed by atoms with van der Waals surface area (Å²) in [6.07, 6.45) is -0.101. The number of benzene rings is 2. The highest BCUT2D eigenvalue weighted by atomic mass is 16.6. The molecular weight excluding hydrogens is 410 g/mol. The van der Waals surface area contributed by atoms with E-state index >= 15 is 0 Å². The molecule has 0 aliphatic carbocycles. The molecule has 168 valence electrons. The van der Waals surface area contributed by atoms with Crippen molar-refractivity contribution in [2.75, 3.05) is 57.5 Å².